The molecule has 0 bridgehead atoms. The molecule has 0 unspecified atom stereocenters. The van der Waals surface area contributed by atoms with Gasteiger partial charge >= 0.3 is 0 Å². The monoisotopic (exact) mass is 277 g/mol. The van der Waals surface area contributed by atoms with Crippen molar-refractivity contribution in [2.45, 2.75) is 0 Å². The van der Waals surface area contributed by atoms with Crippen LogP contribution in [0.2, 0.25) is 0 Å². The number of aromatic hydroxyl groups is 1. The summed E-state index contributed by atoms with van der Waals surface area (Å²) in [5.74, 6) is 0.532. The molecule has 0 radical (unpaired) electrons. The second-order valence-corrected chi connectivity index (χ2v) is 3.36. The number of phenols is 1. The smallest absolute Gasteiger partial charge is 0.171 e. The van der Waals surface area contributed by atoms with Crippen LogP contribution in [0.3, 0.4) is 0 Å². The molecular weight excluding hydrogens is 269 g/mol. The summed E-state index contributed by atoms with van der Waals surface area (Å²) in [5.41, 5.74) is 0.717. The molecule has 0 saturated heterocycles. The normalized spacial score (nSPS) is 9.50. The Balaban J connectivity index is 3.28. The van der Waals surface area contributed by atoms with Crippen LogP contribution in [-0.2, 0) is 0 Å². The van der Waals surface area contributed by atoms with Crippen molar-refractivity contribution in [2.24, 2.45) is 0 Å². The van der Waals surface area contributed by atoms with E-state index in [9.17, 15) is 5.11 Å². The minimum atomic E-state index is 0.128. The molecule has 0 spiro atoms. The van der Waals surface area contributed by atoms with Gasteiger partial charge in [0.1, 0.15) is 0 Å². The summed E-state index contributed by atoms with van der Waals surface area (Å²) in [5, 5.41) is 16.4. The first-order valence-corrected chi connectivity index (χ1v) is 4.34. The van der Waals surface area contributed by atoms with E-state index in [1.807, 2.05) is 22.6 Å². The molecule has 0 saturated carbocycles. The molecule has 0 heterocycles. The number of nitrogens with one attached hydrogen (secondary N) is 1. The molecule has 12 heavy (non-hydrogen) atoms. The fourth-order valence-corrected chi connectivity index (χ4v) is 1.46. The molecule has 1 aromatic rings. The molecule has 64 valence electrons. The number of hydrogen-bond donors (Lipinski definition) is 2. The van der Waals surface area contributed by atoms with Crippen LogP contribution >= 0.6 is 22.6 Å². The van der Waals surface area contributed by atoms with Crippen molar-refractivity contribution < 1.29 is 9.84 Å². The van der Waals surface area contributed by atoms with Gasteiger partial charge in [-0.2, -0.15) is 0 Å². The zero-order valence-corrected chi connectivity index (χ0v) is 8.62. The standard InChI is InChI=1S/C8H8INO2/c1-12-7-3-5(4-10)2-6(9)8(7)11/h2-4,10-11H,1H3. The third-order valence-corrected chi connectivity index (χ3v) is 2.26. The van der Waals surface area contributed by atoms with E-state index in [1.165, 1.54) is 13.3 Å². The van der Waals surface area contributed by atoms with E-state index in [-0.39, 0.29) is 5.75 Å². The molecule has 0 amide bonds. The molecule has 0 aromatic heterocycles. The largest absolute Gasteiger partial charge is 0.504 e. The van der Waals surface area contributed by atoms with Crippen LogP contribution in [0.15, 0.2) is 12.1 Å². The summed E-state index contributed by atoms with van der Waals surface area (Å²) in [4.78, 5) is 0. The summed E-state index contributed by atoms with van der Waals surface area (Å²) >= 11 is 1.99. The van der Waals surface area contributed by atoms with Gasteiger partial charge in [0.2, 0.25) is 0 Å². The van der Waals surface area contributed by atoms with Crippen molar-refractivity contribution in [1.29, 1.82) is 5.41 Å². The number of ether oxygens (including phenoxy) is 1. The van der Waals surface area contributed by atoms with Crippen LogP contribution in [-0.4, -0.2) is 18.4 Å². The molecule has 0 aliphatic rings. The maximum absolute atomic E-state index is 9.41. The maximum Gasteiger partial charge on any atom is 0.171 e. The SMILES string of the molecule is COc1cc(C=N)cc(I)c1O. The van der Waals surface area contributed by atoms with E-state index in [4.69, 9.17) is 10.1 Å². The van der Waals surface area contributed by atoms with Crippen LogP contribution in [0.5, 0.6) is 11.5 Å². The number of rotatable bonds is 2. The van der Waals surface area contributed by atoms with Gasteiger partial charge in [-0.25, -0.2) is 0 Å². The van der Waals surface area contributed by atoms with Crippen LogP contribution < -0.4 is 4.74 Å². The fraction of sp³-hybridized carbons (Fsp3) is 0.125. The van der Waals surface area contributed by atoms with E-state index >= 15 is 0 Å². The minimum Gasteiger partial charge on any atom is -0.504 e. The highest BCUT2D eigenvalue weighted by atomic mass is 127. The number of benzene rings is 1. The van der Waals surface area contributed by atoms with E-state index < -0.39 is 0 Å². The first-order valence-electron chi connectivity index (χ1n) is 3.26. The van der Waals surface area contributed by atoms with Gasteiger partial charge in [-0.05, 0) is 40.3 Å². The number of phenolic OH excluding ortho intramolecular Hbond substituents is 1. The molecule has 4 heteroatoms. The van der Waals surface area contributed by atoms with E-state index in [1.54, 1.807) is 12.1 Å². The highest BCUT2D eigenvalue weighted by molar-refractivity contribution is 14.1. The number of halogens is 1. The van der Waals surface area contributed by atoms with Crippen molar-refractivity contribution in [3.8, 4) is 11.5 Å². The predicted molar refractivity (Wildman–Crippen MR) is 55.3 cm³/mol. The van der Waals surface area contributed by atoms with Crippen molar-refractivity contribution >= 4 is 28.8 Å². The van der Waals surface area contributed by atoms with Gasteiger partial charge in [-0.3, -0.25) is 0 Å². The molecule has 0 aliphatic carbocycles. The lowest BCUT2D eigenvalue weighted by Crippen LogP contribution is -1.89. The summed E-state index contributed by atoms with van der Waals surface area (Å²) in [6, 6.07) is 3.33. The van der Waals surface area contributed by atoms with Gasteiger partial charge in [0, 0.05) is 6.21 Å². The minimum absolute atomic E-state index is 0.128. The second kappa shape index (κ2) is 3.75. The first-order chi connectivity index (χ1) is 5.69. The molecule has 3 nitrogen and oxygen atoms in total. The second-order valence-electron chi connectivity index (χ2n) is 2.20. The molecule has 0 atom stereocenters. The van der Waals surface area contributed by atoms with Gasteiger partial charge in [0.25, 0.3) is 0 Å². The average molecular weight is 277 g/mol. The van der Waals surface area contributed by atoms with Gasteiger partial charge < -0.3 is 15.3 Å². The van der Waals surface area contributed by atoms with Crippen LogP contribution in [0.1, 0.15) is 5.56 Å². The summed E-state index contributed by atoms with van der Waals surface area (Å²) in [6.45, 7) is 0. The Hall–Kier alpha value is -0.780. The molecular formula is C8H8INO2. The third kappa shape index (κ3) is 1.69. The zero-order chi connectivity index (χ0) is 9.14. The molecule has 2 N–H and O–H groups in total. The summed E-state index contributed by atoms with van der Waals surface area (Å²) in [7, 11) is 1.48. The van der Waals surface area contributed by atoms with Crippen LogP contribution in [0, 0.1) is 8.98 Å². The van der Waals surface area contributed by atoms with Crippen LogP contribution in [0.4, 0.5) is 0 Å². The molecule has 1 rings (SSSR count). The summed E-state index contributed by atoms with van der Waals surface area (Å²) < 4.78 is 5.60. The van der Waals surface area contributed by atoms with E-state index in [2.05, 4.69) is 0 Å². The van der Waals surface area contributed by atoms with Crippen molar-refractivity contribution in [3.63, 3.8) is 0 Å². The maximum atomic E-state index is 9.41. The van der Waals surface area contributed by atoms with Crippen LogP contribution in [0.25, 0.3) is 0 Å². The van der Waals surface area contributed by atoms with Crippen molar-refractivity contribution in [1.82, 2.24) is 0 Å². The average Bonchev–Trinajstić information content (AvgIpc) is 2.09. The topological polar surface area (TPSA) is 53.3 Å². The van der Waals surface area contributed by atoms with Gasteiger partial charge in [-0.1, -0.05) is 0 Å². The van der Waals surface area contributed by atoms with E-state index in [0.717, 1.165) is 0 Å². The molecule has 1 aromatic carbocycles. The molecule has 0 aliphatic heterocycles. The number of methoxy groups -OCH3 is 1. The van der Waals surface area contributed by atoms with Crippen molar-refractivity contribution in [3.05, 3.63) is 21.3 Å². The predicted octanol–water partition coefficient (Wildman–Crippen LogP) is 2.00. The third-order valence-electron chi connectivity index (χ3n) is 1.44. The first kappa shape index (κ1) is 9.31. The summed E-state index contributed by atoms with van der Waals surface area (Å²) in [6.07, 6.45) is 1.21. The Labute approximate surface area is 84.0 Å². The van der Waals surface area contributed by atoms with Crippen molar-refractivity contribution in [2.75, 3.05) is 7.11 Å². The zero-order valence-electron chi connectivity index (χ0n) is 6.47. The van der Waals surface area contributed by atoms with E-state index in [0.29, 0.717) is 14.9 Å². The highest BCUT2D eigenvalue weighted by Crippen LogP contribution is 2.31. The molecule has 0 fully saturated rings. The Kier molecular flexibility index (Phi) is 2.91. The van der Waals surface area contributed by atoms with Gasteiger partial charge in [0.05, 0.1) is 10.7 Å². The Bertz CT molecular complexity index is 312. The van der Waals surface area contributed by atoms with Gasteiger partial charge in [-0.15, -0.1) is 0 Å². The fourth-order valence-electron chi connectivity index (χ4n) is 0.833. The Morgan fingerprint density at radius 3 is 2.75 bits per heavy atom. The quantitative estimate of drug-likeness (QED) is 0.641. The Morgan fingerprint density at radius 2 is 2.25 bits per heavy atom. The lowest BCUT2D eigenvalue weighted by molar-refractivity contribution is 0.371. The van der Waals surface area contributed by atoms with Gasteiger partial charge in [0.15, 0.2) is 11.5 Å². The lowest BCUT2D eigenvalue weighted by atomic mass is 10.2. The lowest BCUT2D eigenvalue weighted by Gasteiger charge is -2.05. The highest BCUT2D eigenvalue weighted by Gasteiger charge is 2.06. The number of hydrogen-bond acceptors (Lipinski definition) is 3. The Morgan fingerprint density at radius 1 is 1.58 bits per heavy atom.